The summed E-state index contributed by atoms with van der Waals surface area (Å²) >= 11 is 0. The summed E-state index contributed by atoms with van der Waals surface area (Å²) < 4.78 is 26.7. The van der Waals surface area contributed by atoms with Crippen molar-refractivity contribution in [2.24, 2.45) is 0 Å². The Labute approximate surface area is 170 Å². The molecule has 0 aliphatic carbocycles. The minimum absolute atomic E-state index is 0.178. The number of nitrogens with zero attached hydrogens (tertiary/aromatic N) is 3. The molecule has 1 unspecified atom stereocenters. The molecule has 0 aromatic carbocycles. The molecule has 1 aromatic rings. The maximum Gasteiger partial charge on any atom is 0.322 e. The van der Waals surface area contributed by atoms with Gasteiger partial charge < -0.3 is 10.2 Å². The Hall–Kier alpha value is -2.90. The number of urea groups is 1. The first-order valence-electron chi connectivity index (χ1n) is 9.05. The minimum atomic E-state index is -3.74. The number of imide groups is 1. The molecule has 1 fully saturated rings. The van der Waals surface area contributed by atoms with E-state index < -0.39 is 33.3 Å². The number of pyridine rings is 1. The van der Waals surface area contributed by atoms with E-state index in [0.717, 1.165) is 17.0 Å². The van der Waals surface area contributed by atoms with Crippen molar-refractivity contribution in [1.29, 1.82) is 0 Å². The predicted molar refractivity (Wildman–Crippen MR) is 109 cm³/mol. The van der Waals surface area contributed by atoms with Crippen molar-refractivity contribution < 1.29 is 18.0 Å². The van der Waals surface area contributed by atoms with Crippen LogP contribution >= 0.6 is 0 Å². The Morgan fingerprint density at radius 1 is 1.31 bits per heavy atom. The van der Waals surface area contributed by atoms with Gasteiger partial charge in [-0.2, -0.15) is 4.31 Å². The highest BCUT2D eigenvalue weighted by Crippen LogP contribution is 2.19. The maximum absolute atomic E-state index is 12.7. The third-order valence-electron chi connectivity index (χ3n) is 4.73. The van der Waals surface area contributed by atoms with Crippen molar-refractivity contribution in [2.45, 2.75) is 18.9 Å². The van der Waals surface area contributed by atoms with Crippen LogP contribution in [-0.2, 0) is 14.8 Å². The number of hydrogen-bond donors (Lipinski definition) is 2. The summed E-state index contributed by atoms with van der Waals surface area (Å²) in [7, 11) is 0.0681. The van der Waals surface area contributed by atoms with E-state index in [2.05, 4.69) is 27.5 Å². The first-order chi connectivity index (χ1) is 13.6. The molecule has 2 aliphatic heterocycles. The van der Waals surface area contributed by atoms with Crippen molar-refractivity contribution in [3.05, 3.63) is 35.5 Å². The van der Waals surface area contributed by atoms with E-state index in [1.807, 2.05) is 31.1 Å². The topological polar surface area (TPSA) is 112 Å². The average Bonchev–Trinajstić information content (AvgIpc) is 2.91. The van der Waals surface area contributed by atoms with Crippen LogP contribution in [0.25, 0.3) is 0 Å². The van der Waals surface area contributed by atoms with Gasteiger partial charge in [-0.05, 0) is 25.5 Å². The molecule has 3 heterocycles. The van der Waals surface area contributed by atoms with Gasteiger partial charge in [-0.25, -0.2) is 18.2 Å². The molecule has 1 aromatic heterocycles. The van der Waals surface area contributed by atoms with Crippen LogP contribution in [0.3, 0.4) is 0 Å². The Morgan fingerprint density at radius 3 is 2.66 bits per heavy atom. The smallest absolute Gasteiger partial charge is 0.322 e. The summed E-state index contributed by atoms with van der Waals surface area (Å²) in [5.74, 6) is 5.86. The van der Waals surface area contributed by atoms with Crippen LogP contribution in [0.15, 0.2) is 30.0 Å². The van der Waals surface area contributed by atoms with E-state index in [4.69, 9.17) is 0 Å². The van der Waals surface area contributed by atoms with Crippen molar-refractivity contribution in [2.75, 3.05) is 37.8 Å². The molecular formula is C19H23N5O4S. The second-order valence-corrected chi connectivity index (χ2v) is 9.35. The van der Waals surface area contributed by atoms with Crippen LogP contribution in [0.5, 0.6) is 0 Å². The van der Waals surface area contributed by atoms with Crippen LogP contribution in [-0.4, -0.2) is 68.1 Å². The highest BCUT2D eigenvalue weighted by atomic mass is 32.2. The number of carbonyl (C=O) groups is 2. The standard InChI is InChI=1S/C19H23N5O4S/c1-19(17(25)21-18(26)22-19)13-29(27,28)24-10-7-14(8-11-24)4-5-15-6-9-20-16(12-15)23(2)3/h6-7,9,12H,8,10-11,13H2,1-3H3,(H2,21,22,25,26). The molecule has 29 heavy (non-hydrogen) atoms. The molecule has 3 rings (SSSR count). The largest absolute Gasteiger partial charge is 0.363 e. The fourth-order valence-corrected chi connectivity index (χ4v) is 4.83. The van der Waals surface area contributed by atoms with Crippen LogP contribution < -0.4 is 15.5 Å². The number of rotatable bonds is 4. The van der Waals surface area contributed by atoms with Crippen LogP contribution in [0.2, 0.25) is 0 Å². The van der Waals surface area contributed by atoms with Crippen LogP contribution in [0, 0.1) is 11.8 Å². The maximum atomic E-state index is 12.7. The van der Waals surface area contributed by atoms with Crippen LogP contribution in [0.1, 0.15) is 18.9 Å². The fraction of sp³-hybridized carbons (Fsp3) is 0.421. The summed E-state index contributed by atoms with van der Waals surface area (Å²) in [5, 5.41) is 4.46. The van der Waals surface area contributed by atoms with Gasteiger partial charge in [0.2, 0.25) is 10.0 Å². The predicted octanol–water partition coefficient (Wildman–Crippen LogP) is 0.0591. The number of nitrogens with one attached hydrogen (secondary N) is 2. The quantitative estimate of drug-likeness (QED) is 0.529. The molecule has 0 radical (unpaired) electrons. The molecule has 2 N–H and O–H groups in total. The Balaban J connectivity index is 1.67. The summed E-state index contributed by atoms with van der Waals surface area (Å²) in [4.78, 5) is 29.4. The molecule has 0 spiro atoms. The van der Waals surface area contributed by atoms with Gasteiger partial charge in [0.1, 0.15) is 11.4 Å². The first-order valence-corrected chi connectivity index (χ1v) is 10.7. The second kappa shape index (κ2) is 7.85. The monoisotopic (exact) mass is 417 g/mol. The van der Waals surface area contributed by atoms with E-state index in [9.17, 15) is 18.0 Å². The third-order valence-corrected chi connectivity index (χ3v) is 6.79. The fourth-order valence-electron chi connectivity index (χ4n) is 3.05. The number of anilines is 1. The summed E-state index contributed by atoms with van der Waals surface area (Å²) in [5.41, 5.74) is 0.221. The molecule has 2 aliphatic rings. The zero-order valence-corrected chi connectivity index (χ0v) is 17.3. The first kappa shape index (κ1) is 20.8. The number of amides is 3. The molecule has 0 saturated carbocycles. The van der Waals surface area contributed by atoms with E-state index in [0.29, 0.717) is 6.42 Å². The van der Waals surface area contributed by atoms with Crippen molar-refractivity contribution in [1.82, 2.24) is 19.9 Å². The summed E-state index contributed by atoms with van der Waals surface area (Å²) in [6, 6.07) is 3.02. The van der Waals surface area contributed by atoms with Gasteiger partial charge >= 0.3 is 6.03 Å². The Bertz CT molecular complexity index is 1040. The van der Waals surface area contributed by atoms with E-state index >= 15 is 0 Å². The SMILES string of the molecule is CN(C)c1cc(C#CC2=CCN(S(=O)(=O)CC3(C)NC(=O)NC3=O)CC2)ccn1. The Kier molecular flexibility index (Phi) is 5.64. The number of carbonyl (C=O) groups excluding carboxylic acids is 2. The number of aromatic nitrogens is 1. The van der Waals surface area contributed by atoms with E-state index in [-0.39, 0.29) is 13.1 Å². The van der Waals surface area contributed by atoms with E-state index in [1.54, 1.807) is 12.3 Å². The molecule has 0 bridgehead atoms. The lowest BCUT2D eigenvalue weighted by Crippen LogP contribution is -2.52. The van der Waals surface area contributed by atoms with Gasteiger partial charge in [0.05, 0.1) is 5.75 Å². The lowest BCUT2D eigenvalue weighted by atomic mass is 10.1. The van der Waals surface area contributed by atoms with Crippen molar-refractivity contribution >= 4 is 27.8 Å². The molecule has 1 saturated heterocycles. The van der Waals surface area contributed by atoms with Gasteiger partial charge in [-0.15, -0.1) is 0 Å². The lowest BCUT2D eigenvalue weighted by Gasteiger charge is -2.28. The summed E-state index contributed by atoms with van der Waals surface area (Å²) in [6.07, 6.45) is 3.95. The molecule has 1 atom stereocenters. The normalized spacial score (nSPS) is 22.2. The van der Waals surface area contributed by atoms with Gasteiger partial charge in [0.15, 0.2) is 0 Å². The molecule has 154 valence electrons. The van der Waals surface area contributed by atoms with Gasteiger partial charge in [0, 0.05) is 44.5 Å². The lowest BCUT2D eigenvalue weighted by molar-refractivity contribution is -0.122. The molecule has 3 amide bonds. The molecule has 10 heteroatoms. The van der Waals surface area contributed by atoms with Crippen LogP contribution in [0.4, 0.5) is 10.6 Å². The van der Waals surface area contributed by atoms with Gasteiger partial charge in [0.25, 0.3) is 5.91 Å². The van der Waals surface area contributed by atoms with Gasteiger partial charge in [-0.1, -0.05) is 17.9 Å². The van der Waals surface area contributed by atoms with Crippen molar-refractivity contribution in [3.63, 3.8) is 0 Å². The average molecular weight is 417 g/mol. The highest BCUT2D eigenvalue weighted by Gasteiger charge is 2.46. The zero-order chi connectivity index (χ0) is 21.2. The van der Waals surface area contributed by atoms with E-state index in [1.165, 1.54) is 11.2 Å². The number of sulfonamides is 1. The molecule has 9 nitrogen and oxygen atoms in total. The number of hydrogen-bond acceptors (Lipinski definition) is 6. The summed E-state index contributed by atoms with van der Waals surface area (Å²) in [6.45, 7) is 1.85. The third kappa shape index (κ3) is 4.75. The molecular weight excluding hydrogens is 394 g/mol. The highest BCUT2D eigenvalue weighted by molar-refractivity contribution is 7.89. The Morgan fingerprint density at radius 2 is 2.07 bits per heavy atom. The second-order valence-electron chi connectivity index (χ2n) is 7.38. The van der Waals surface area contributed by atoms with Gasteiger partial charge in [-0.3, -0.25) is 10.1 Å². The minimum Gasteiger partial charge on any atom is -0.363 e. The zero-order valence-electron chi connectivity index (χ0n) is 16.5. The van der Waals surface area contributed by atoms with Crippen molar-refractivity contribution in [3.8, 4) is 11.8 Å².